The number of hydrogen-bond donors (Lipinski definition) is 0. The van der Waals surface area contributed by atoms with Crippen molar-refractivity contribution >= 4 is 28.6 Å². The van der Waals surface area contributed by atoms with Gasteiger partial charge in [0.05, 0.1) is 17.2 Å². The summed E-state index contributed by atoms with van der Waals surface area (Å²) in [5.74, 6) is 0.302. The Bertz CT molecular complexity index is 738. The number of nitrogens with zero attached hydrogens (tertiary/aromatic N) is 3. The second-order valence-electron chi connectivity index (χ2n) is 6.82. The van der Waals surface area contributed by atoms with Crippen LogP contribution in [0.1, 0.15) is 39.7 Å². The average molecular weight is 362 g/mol. The number of carbonyl (C=O) groups excluding carboxylic acids is 1. The highest BCUT2D eigenvalue weighted by Crippen LogP contribution is 2.34. The Morgan fingerprint density at radius 1 is 1.21 bits per heavy atom. The van der Waals surface area contributed by atoms with Gasteiger partial charge in [-0.3, -0.25) is 9.69 Å². The number of aromatic nitrogens is 1. The molecule has 4 rings (SSSR count). The van der Waals surface area contributed by atoms with Crippen LogP contribution < -0.4 is 0 Å². The molecule has 0 bridgehead atoms. The first-order valence-corrected chi connectivity index (χ1v) is 10.3. The quantitative estimate of drug-likeness (QED) is 0.835. The first-order valence-electron chi connectivity index (χ1n) is 8.60. The van der Waals surface area contributed by atoms with Gasteiger partial charge in [0.15, 0.2) is 0 Å². The molecule has 2 atom stereocenters. The van der Waals surface area contributed by atoms with Crippen molar-refractivity contribution in [2.24, 2.45) is 0 Å². The highest BCUT2D eigenvalue weighted by atomic mass is 32.1. The molecule has 0 unspecified atom stereocenters. The van der Waals surface area contributed by atoms with Gasteiger partial charge in [0.1, 0.15) is 0 Å². The molecule has 0 N–H and O–H groups in total. The van der Waals surface area contributed by atoms with E-state index in [1.807, 2.05) is 18.3 Å². The van der Waals surface area contributed by atoms with Gasteiger partial charge in [-0.15, -0.1) is 22.7 Å². The summed E-state index contributed by atoms with van der Waals surface area (Å²) in [6.07, 6.45) is 2.76. The maximum atomic E-state index is 12.5. The normalized spacial score (nSPS) is 24.6. The van der Waals surface area contributed by atoms with Gasteiger partial charge in [0.25, 0.3) is 0 Å². The maximum absolute atomic E-state index is 12.5. The molecule has 2 aromatic heterocycles. The summed E-state index contributed by atoms with van der Waals surface area (Å²) in [6.45, 7) is 6.98. The molecule has 0 spiro atoms. The second-order valence-corrected chi connectivity index (χ2v) is 9.26. The van der Waals surface area contributed by atoms with Gasteiger partial charge in [-0.2, -0.15) is 0 Å². The highest BCUT2D eigenvalue weighted by Gasteiger charge is 2.43. The molecule has 0 saturated carbocycles. The van der Waals surface area contributed by atoms with Crippen LogP contribution in [0.25, 0.3) is 0 Å². The summed E-state index contributed by atoms with van der Waals surface area (Å²) in [5, 5.41) is 3.17. The summed E-state index contributed by atoms with van der Waals surface area (Å²) in [4.78, 5) is 24.6. The van der Waals surface area contributed by atoms with E-state index >= 15 is 0 Å². The van der Waals surface area contributed by atoms with Gasteiger partial charge in [0.2, 0.25) is 5.91 Å². The molecule has 2 aliphatic heterocycles. The first kappa shape index (κ1) is 16.2. The van der Waals surface area contributed by atoms with Crippen molar-refractivity contribution in [3.63, 3.8) is 0 Å². The van der Waals surface area contributed by atoms with E-state index < -0.39 is 0 Å². The van der Waals surface area contributed by atoms with Crippen molar-refractivity contribution in [2.75, 3.05) is 6.54 Å². The van der Waals surface area contributed by atoms with Gasteiger partial charge in [-0.1, -0.05) is 0 Å². The van der Waals surface area contributed by atoms with E-state index in [1.165, 1.54) is 9.75 Å². The van der Waals surface area contributed by atoms with Crippen LogP contribution in [0, 0.1) is 13.8 Å². The van der Waals surface area contributed by atoms with Crippen molar-refractivity contribution in [3.05, 3.63) is 38.0 Å². The molecule has 128 valence electrons. The molecule has 2 aliphatic rings. The Morgan fingerprint density at radius 2 is 2.08 bits per heavy atom. The fourth-order valence-corrected chi connectivity index (χ4v) is 5.59. The average Bonchev–Trinajstić information content (AvgIpc) is 3.24. The van der Waals surface area contributed by atoms with Gasteiger partial charge >= 0.3 is 0 Å². The number of rotatable bonds is 4. The lowest BCUT2D eigenvalue weighted by Gasteiger charge is -2.39. The third-order valence-electron chi connectivity index (χ3n) is 5.15. The van der Waals surface area contributed by atoms with Crippen LogP contribution in [0.4, 0.5) is 0 Å². The SMILES string of the molecule is Cc1ccc(CN2CC[C@@H]3[C@H]2CCC(=O)N3Cc2csc(C)n2)s1. The van der Waals surface area contributed by atoms with Crippen molar-refractivity contribution in [1.29, 1.82) is 0 Å². The third-order valence-corrected chi connectivity index (χ3v) is 6.96. The molecular formula is C18H23N3OS2. The Labute approximate surface area is 151 Å². The zero-order valence-electron chi connectivity index (χ0n) is 14.2. The van der Waals surface area contributed by atoms with E-state index in [0.717, 1.165) is 36.6 Å². The van der Waals surface area contributed by atoms with E-state index in [9.17, 15) is 4.79 Å². The van der Waals surface area contributed by atoms with Gasteiger partial charge in [-0.25, -0.2) is 4.98 Å². The monoisotopic (exact) mass is 361 g/mol. The van der Waals surface area contributed by atoms with Crippen molar-refractivity contribution in [3.8, 4) is 0 Å². The van der Waals surface area contributed by atoms with Crippen LogP contribution in [0.15, 0.2) is 17.5 Å². The molecule has 6 heteroatoms. The molecule has 0 aromatic carbocycles. The predicted molar refractivity (Wildman–Crippen MR) is 98.3 cm³/mol. The Morgan fingerprint density at radius 3 is 2.79 bits per heavy atom. The minimum atomic E-state index is 0.302. The number of aryl methyl sites for hydroxylation is 2. The number of carbonyl (C=O) groups is 1. The van der Waals surface area contributed by atoms with Crippen LogP contribution in [0.2, 0.25) is 0 Å². The molecule has 0 radical (unpaired) electrons. The van der Waals surface area contributed by atoms with Gasteiger partial charge < -0.3 is 4.90 Å². The topological polar surface area (TPSA) is 36.4 Å². The number of fused-ring (bicyclic) bond motifs is 1. The predicted octanol–water partition coefficient (Wildman–Crippen LogP) is 3.59. The molecule has 2 aromatic rings. The summed E-state index contributed by atoms with van der Waals surface area (Å²) >= 11 is 3.56. The first-order chi connectivity index (χ1) is 11.6. The molecule has 2 fully saturated rings. The van der Waals surface area contributed by atoms with Crippen LogP contribution in [-0.4, -0.2) is 39.3 Å². The molecule has 2 saturated heterocycles. The Balaban J connectivity index is 1.48. The fraction of sp³-hybridized carbons (Fsp3) is 0.556. The lowest BCUT2D eigenvalue weighted by Crippen LogP contribution is -2.51. The van der Waals surface area contributed by atoms with Gasteiger partial charge in [-0.05, 0) is 38.8 Å². The second kappa shape index (κ2) is 6.58. The molecule has 4 heterocycles. The fourth-order valence-electron chi connectivity index (χ4n) is 4.07. The Kier molecular flexibility index (Phi) is 4.45. The number of amides is 1. The zero-order valence-corrected chi connectivity index (χ0v) is 15.8. The van der Waals surface area contributed by atoms with Crippen molar-refractivity contribution in [1.82, 2.24) is 14.8 Å². The highest BCUT2D eigenvalue weighted by molar-refractivity contribution is 7.11. The molecule has 0 aliphatic carbocycles. The van der Waals surface area contributed by atoms with Crippen molar-refractivity contribution in [2.45, 2.75) is 58.3 Å². The summed E-state index contributed by atoms with van der Waals surface area (Å²) in [7, 11) is 0. The lowest BCUT2D eigenvalue weighted by atomic mass is 9.96. The van der Waals surface area contributed by atoms with Gasteiger partial charge in [0, 0.05) is 46.7 Å². The Hall–Kier alpha value is -1.24. The summed E-state index contributed by atoms with van der Waals surface area (Å²) in [6, 6.07) is 5.31. The number of likely N-dealkylation sites (tertiary alicyclic amines) is 2. The zero-order chi connectivity index (χ0) is 16.7. The smallest absolute Gasteiger partial charge is 0.223 e. The third kappa shape index (κ3) is 3.15. The number of hydrogen-bond acceptors (Lipinski definition) is 5. The maximum Gasteiger partial charge on any atom is 0.223 e. The molecule has 4 nitrogen and oxygen atoms in total. The molecule has 1 amide bonds. The summed E-state index contributed by atoms with van der Waals surface area (Å²) in [5.41, 5.74) is 1.04. The van der Waals surface area contributed by atoms with E-state index in [2.05, 4.69) is 39.2 Å². The van der Waals surface area contributed by atoms with E-state index in [0.29, 0.717) is 31.0 Å². The van der Waals surface area contributed by atoms with Crippen molar-refractivity contribution < 1.29 is 4.79 Å². The van der Waals surface area contributed by atoms with Crippen LogP contribution in [0.3, 0.4) is 0 Å². The minimum Gasteiger partial charge on any atom is -0.332 e. The van der Waals surface area contributed by atoms with Crippen LogP contribution in [-0.2, 0) is 17.9 Å². The lowest BCUT2D eigenvalue weighted by molar-refractivity contribution is -0.138. The number of thiazole rings is 1. The molecular weight excluding hydrogens is 338 g/mol. The largest absolute Gasteiger partial charge is 0.332 e. The van der Waals surface area contributed by atoms with Crippen LogP contribution in [0.5, 0.6) is 0 Å². The van der Waals surface area contributed by atoms with E-state index in [4.69, 9.17) is 0 Å². The van der Waals surface area contributed by atoms with E-state index in [-0.39, 0.29) is 0 Å². The standard InChI is InChI=1S/C18H23N3OS2/c1-12-3-4-15(24-12)10-20-8-7-17-16(20)5-6-18(22)21(17)9-14-11-23-13(2)19-14/h3-4,11,16-17H,5-10H2,1-2H3/t16-,17-/m1/s1. The number of thiophene rings is 1. The minimum absolute atomic E-state index is 0.302. The van der Waals surface area contributed by atoms with Crippen LogP contribution >= 0.6 is 22.7 Å². The van der Waals surface area contributed by atoms with E-state index in [1.54, 1.807) is 11.3 Å². The summed E-state index contributed by atoms with van der Waals surface area (Å²) < 4.78 is 0. The molecule has 24 heavy (non-hydrogen) atoms. The number of piperidine rings is 1.